The normalized spacial score (nSPS) is 12.9. The third kappa shape index (κ3) is 5.44. The monoisotopic (exact) mass is 299 g/mol. The lowest BCUT2D eigenvalue weighted by molar-refractivity contribution is -0.275. The van der Waals surface area contributed by atoms with Crippen molar-refractivity contribution >= 4 is 17.3 Å². The first kappa shape index (κ1) is 15.7. The molecule has 0 radical (unpaired) electrons. The Morgan fingerprint density at radius 3 is 2.58 bits per heavy atom. The van der Waals surface area contributed by atoms with E-state index in [0.717, 1.165) is 6.07 Å². The Hall–Kier alpha value is -1.34. The van der Waals surface area contributed by atoms with Crippen LogP contribution in [0.25, 0.3) is 0 Å². The van der Waals surface area contributed by atoms with Gasteiger partial charge in [0.05, 0.1) is 19.1 Å². The van der Waals surface area contributed by atoms with E-state index in [1.165, 1.54) is 19.2 Å². The van der Waals surface area contributed by atoms with E-state index in [1.54, 1.807) is 0 Å². The second-order valence-corrected chi connectivity index (χ2v) is 3.91. The summed E-state index contributed by atoms with van der Waals surface area (Å²) in [6, 6.07) is 3.97. The van der Waals surface area contributed by atoms with Gasteiger partial charge in [0.15, 0.2) is 11.5 Å². The molecule has 2 N–H and O–H groups in total. The summed E-state index contributed by atoms with van der Waals surface area (Å²) in [7, 11) is 1.24. The summed E-state index contributed by atoms with van der Waals surface area (Å²) < 4.78 is 45.2. The number of nitrogens with one attached hydrogen (secondary N) is 1. The average Bonchev–Trinajstić information content (AvgIpc) is 2.34. The summed E-state index contributed by atoms with van der Waals surface area (Å²) in [6.07, 6.45) is -5.60. The first-order valence-electron chi connectivity index (χ1n) is 5.27. The number of ether oxygens (including phenoxy) is 2. The van der Waals surface area contributed by atoms with Crippen molar-refractivity contribution in [3.05, 3.63) is 18.2 Å². The number of benzene rings is 1. The summed E-state index contributed by atoms with van der Waals surface area (Å²) in [6.45, 7) is 0.112. The largest absolute Gasteiger partial charge is 0.573 e. The molecule has 0 saturated heterocycles. The molecule has 0 saturated carbocycles. The van der Waals surface area contributed by atoms with Crippen LogP contribution in [-0.2, 0) is 0 Å². The van der Waals surface area contributed by atoms with Crippen LogP contribution < -0.4 is 14.8 Å². The van der Waals surface area contributed by atoms with Crippen LogP contribution >= 0.6 is 11.6 Å². The second kappa shape index (κ2) is 6.72. The molecule has 0 heterocycles. The van der Waals surface area contributed by atoms with E-state index in [-0.39, 0.29) is 18.2 Å². The molecule has 0 spiro atoms. The van der Waals surface area contributed by atoms with Crippen LogP contribution in [-0.4, -0.2) is 37.1 Å². The minimum atomic E-state index is -4.80. The molecular weight excluding hydrogens is 287 g/mol. The Labute approximate surface area is 113 Å². The minimum absolute atomic E-state index is 0.0229. The molecule has 1 aromatic carbocycles. The fourth-order valence-electron chi connectivity index (χ4n) is 1.28. The van der Waals surface area contributed by atoms with Crippen molar-refractivity contribution in [1.82, 2.24) is 0 Å². The SMILES string of the molecule is COc1ccc(NCC(O)CCl)cc1OC(F)(F)F. The van der Waals surface area contributed by atoms with Crippen LogP contribution in [0.5, 0.6) is 11.5 Å². The van der Waals surface area contributed by atoms with Gasteiger partial charge in [0.25, 0.3) is 0 Å². The number of aliphatic hydroxyl groups is 1. The molecule has 0 fully saturated rings. The van der Waals surface area contributed by atoms with Gasteiger partial charge >= 0.3 is 6.36 Å². The molecule has 0 amide bonds. The van der Waals surface area contributed by atoms with Gasteiger partial charge in [-0.05, 0) is 12.1 Å². The highest BCUT2D eigenvalue weighted by molar-refractivity contribution is 6.18. The van der Waals surface area contributed by atoms with Crippen molar-refractivity contribution in [3.8, 4) is 11.5 Å². The Bertz CT molecular complexity index is 415. The van der Waals surface area contributed by atoms with Gasteiger partial charge in [-0.15, -0.1) is 24.8 Å². The van der Waals surface area contributed by atoms with Crippen LogP contribution in [0.4, 0.5) is 18.9 Å². The van der Waals surface area contributed by atoms with Gasteiger partial charge in [-0.3, -0.25) is 0 Å². The molecule has 8 heteroatoms. The molecule has 0 aliphatic heterocycles. The number of anilines is 1. The van der Waals surface area contributed by atoms with Crippen molar-refractivity contribution in [3.63, 3.8) is 0 Å². The molecule has 4 nitrogen and oxygen atoms in total. The van der Waals surface area contributed by atoms with E-state index < -0.39 is 18.2 Å². The van der Waals surface area contributed by atoms with Crippen molar-refractivity contribution in [2.45, 2.75) is 12.5 Å². The quantitative estimate of drug-likeness (QED) is 0.793. The lowest BCUT2D eigenvalue weighted by atomic mass is 10.2. The first-order valence-corrected chi connectivity index (χ1v) is 5.81. The summed E-state index contributed by atoms with van der Waals surface area (Å²) in [5.41, 5.74) is 0.351. The molecule has 1 rings (SSSR count). The van der Waals surface area contributed by atoms with Gasteiger partial charge in [0, 0.05) is 18.3 Å². The lowest BCUT2D eigenvalue weighted by Crippen LogP contribution is -2.21. The molecular formula is C11H13ClF3NO3. The highest BCUT2D eigenvalue weighted by Gasteiger charge is 2.32. The predicted octanol–water partition coefficient (Wildman–Crippen LogP) is 2.61. The van der Waals surface area contributed by atoms with Gasteiger partial charge < -0.3 is 19.9 Å². The maximum Gasteiger partial charge on any atom is 0.573 e. The van der Waals surface area contributed by atoms with E-state index in [4.69, 9.17) is 16.3 Å². The molecule has 0 aromatic heterocycles. The summed E-state index contributed by atoms with van der Waals surface area (Å²) in [5, 5.41) is 12.0. The van der Waals surface area contributed by atoms with E-state index >= 15 is 0 Å². The van der Waals surface area contributed by atoms with Crippen LogP contribution in [0.2, 0.25) is 0 Å². The number of rotatable bonds is 6. The van der Waals surface area contributed by atoms with Crippen molar-refractivity contribution in [2.24, 2.45) is 0 Å². The van der Waals surface area contributed by atoms with Gasteiger partial charge in [0.1, 0.15) is 0 Å². The molecule has 1 aromatic rings. The van der Waals surface area contributed by atoms with Crippen LogP contribution in [0.15, 0.2) is 18.2 Å². The molecule has 0 aliphatic carbocycles. The van der Waals surface area contributed by atoms with E-state index in [2.05, 4.69) is 10.1 Å². The van der Waals surface area contributed by atoms with E-state index in [9.17, 15) is 18.3 Å². The molecule has 19 heavy (non-hydrogen) atoms. The lowest BCUT2D eigenvalue weighted by Gasteiger charge is -2.15. The highest BCUT2D eigenvalue weighted by Crippen LogP contribution is 2.34. The second-order valence-electron chi connectivity index (χ2n) is 3.60. The first-order chi connectivity index (χ1) is 8.85. The Morgan fingerprint density at radius 1 is 1.37 bits per heavy atom. The fraction of sp³-hybridized carbons (Fsp3) is 0.455. The smallest absolute Gasteiger partial charge is 0.493 e. The zero-order chi connectivity index (χ0) is 14.5. The maximum atomic E-state index is 12.2. The van der Waals surface area contributed by atoms with Gasteiger partial charge in [-0.1, -0.05) is 0 Å². The third-order valence-corrected chi connectivity index (χ3v) is 2.47. The number of hydrogen-bond donors (Lipinski definition) is 2. The van der Waals surface area contributed by atoms with Gasteiger partial charge in [-0.25, -0.2) is 0 Å². The van der Waals surface area contributed by atoms with Crippen LogP contribution in [0.1, 0.15) is 0 Å². The Morgan fingerprint density at radius 2 is 2.05 bits per heavy atom. The van der Waals surface area contributed by atoms with E-state index in [0.29, 0.717) is 5.69 Å². The topological polar surface area (TPSA) is 50.7 Å². The standard InChI is InChI=1S/C11H13ClF3NO3/c1-18-9-3-2-7(16-6-8(17)5-12)4-10(9)19-11(13,14)15/h2-4,8,16-17H,5-6H2,1H3. The minimum Gasteiger partial charge on any atom is -0.493 e. The predicted molar refractivity (Wildman–Crippen MR) is 64.9 cm³/mol. The number of methoxy groups -OCH3 is 1. The summed E-state index contributed by atoms with van der Waals surface area (Å²) in [5.74, 6) is -0.476. The van der Waals surface area contributed by atoms with Crippen LogP contribution in [0, 0.1) is 0 Å². The van der Waals surface area contributed by atoms with Gasteiger partial charge in [0.2, 0.25) is 0 Å². The summed E-state index contributed by atoms with van der Waals surface area (Å²) >= 11 is 5.40. The van der Waals surface area contributed by atoms with Gasteiger partial charge in [-0.2, -0.15) is 0 Å². The van der Waals surface area contributed by atoms with Crippen molar-refractivity contribution in [2.75, 3.05) is 24.9 Å². The molecule has 1 unspecified atom stereocenters. The van der Waals surface area contributed by atoms with Crippen molar-refractivity contribution < 1.29 is 27.8 Å². The van der Waals surface area contributed by atoms with Crippen molar-refractivity contribution in [1.29, 1.82) is 0 Å². The zero-order valence-corrected chi connectivity index (χ0v) is 10.8. The molecule has 108 valence electrons. The number of aliphatic hydroxyl groups excluding tert-OH is 1. The average molecular weight is 300 g/mol. The number of halogens is 4. The molecule has 0 aliphatic rings. The highest BCUT2D eigenvalue weighted by atomic mass is 35.5. The summed E-state index contributed by atoms with van der Waals surface area (Å²) in [4.78, 5) is 0. The Balaban J connectivity index is 2.82. The zero-order valence-electron chi connectivity index (χ0n) is 10.00. The third-order valence-electron chi connectivity index (χ3n) is 2.11. The maximum absolute atomic E-state index is 12.2. The molecule has 1 atom stereocenters. The number of hydrogen-bond acceptors (Lipinski definition) is 4. The Kier molecular flexibility index (Phi) is 5.56. The van der Waals surface area contributed by atoms with Crippen LogP contribution in [0.3, 0.4) is 0 Å². The number of alkyl halides is 4. The van der Waals surface area contributed by atoms with E-state index in [1.807, 2.05) is 0 Å². The molecule has 0 bridgehead atoms. The fourth-order valence-corrected chi connectivity index (χ4v) is 1.39.